The van der Waals surface area contributed by atoms with Gasteiger partial charge in [0, 0.05) is 24.1 Å². The number of rotatable bonds is 6. The van der Waals surface area contributed by atoms with Gasteiger partial charge in [-0.05, 0) is 25.7 Å². The fraction of sp³-hybridized carbons (Fsp3) is 0.615. The van der Waals surface area contributed by atoms with Gasteiger partial charge in [-0.25, -0.2) is 4.98 Å². The van der Waals surface area contributed by atoms with Crippen LogP contribution in [0.15, 0.2) is 4.79 Å². The minimum atomic E-state index is -0.905. The zero-order chi connectivity index (χ0) is 13.7. The van der Waals surface area contributed by atoms with Crippen molar-refractivity contribution in [3.05, 3.63) is 27.4 Å². The van der Waals surface area contributed by atoms with Crippen molar-refractivity contribution >= 4 is 5.97 Å². The van der Waals surface area contributed by atoms with Crippen molar-refractivity contribution in [2.45, 2.75) is 46.5 Å². The molecule has 5 nitrogen and oxygen atoms in total. The molecule has 0 saturated heterocycles. The van der Waals surface area contributed by atoms with Crippen LogP contribution in [-0.4, -0.2) is 21.0 Å². The summed E-state index contributed by atoms with van der Waals surface area (Å²) in [7, 11) is 0. The Kier molecular flexibility index (Phi) is 5.07. The Morgan fingerprint density at radius 3 is 2.56 bits per heavy atom. The van der Waals surface area contributed by atoms with Crippen LogP contribution in [0.1, 0.15) is 43.8 Å². The van der Waals surface area contributed by atoms with Crippen LogP contribution in [0.25, 0.3) is 0 Å². The van der Waals surface area contributed by atoms with E-state index >= 15 is 0 Å². The van der Waals surface area contributed by atoms with Crippen LogP contribution < -0.4 is 5.56 Å². The Morgan fingerprint density at radius 2 is 2.06 bits per heavy atom. The Bertz CT molecular complexity index is 478. The average Bonchev–Trinajstić information content (AvgIpc) is 2.24. The standard InChI is InChI=1S/C13H20N2O3/c1-8(2)4-6-11-14-9(3)10(13(18)15-11)5-7-12(16)17/h8H,4-7H2,1-3H3,(H,16,17)(H,14,15,18). The molecule has 1 aromatic heterocycles. The van der Waals surface area contributed by atoms with Crippen LogP contribution in [0.5, 0.6) is 0 Å². The molecule has 18 heavy (non-hydrogen) atoms. The number of H-pyrrole nitrogens is 1. The summed E-state index contributed by atoms with van der Waals surface area (Å²) in [6.45, 7) is 5.99. The Balaban J connectivity index is 2.84. The van der Waals surface area contributed by atoms with Crippen LogP contribution >= 0.6 is 0 Å². The lowest BCUT2D eigenvalue weighted by Crippen LogP contribution is -2.20. The fourth-order valence-corrected chi connectivity index (χ4v) is 1.74. The first kappa shape index (κ1) is 14.4. The van der Waals surface area contributed by atoms with E-state index in [9.17, 15) is 9.59 Å². The number of aromatic nitrogens is 2. The van der Waals surface area contributed by atoms with E-state index in [-0.39, 0.29) is 18.4 Å². The summed E-state index contributed by atoms with van der Waals surface area (Å²) in [5, 5.41) is 8.62. The van der Waals surface area contributed by atoms with Gasteiger partial charge in [-0.1, -0.05) is 13.8 Å². The number of nitrogens with one attached hydrogen (secondary N) is 1. The van der Waals surface area contributed by atoms with Crippen molar-refractivity contribution in [3.63, 3.8) is 0 Å². The molecule has 0 atom stereocenters. The summed E-state index contributed by atoms with van der Waals surface area (Å²) in [5.41, 5.74) is 0.909. The zero-order valence-electron chi connectivity index (χ0n) is 11.1. The van der Waals surface area contributed by atoms with E-state index in [2.05, 4.69) is 23.8 Å². The highest BCUT2D eigenvalue weighted by molar-refractivity contribution is 5.67. The lowest BCUT2D eigenvalue weighted by atomic mass is 10.1. The fourth-order valence-electron chi connectivity index (χ4n) is 1.74. The molecule has 0 spiro atoms. The van der Waals surface area contributed by atoms with Gasteiger partial charge in [0.05, 0.1) is 0 Å². The molecule has 2 N–H and O–H groups in total. The Morgan fingerprint density at radius 1 is 1.39 bits per heavy atom. The lowest BCUT2D eigenvalue weighted by molar-refractivity contribution is -0.136. The van der Waals surface area contributed by atoms with E-state index in [1.807, 2.05) is 0 Å². The van der Waals surface area contributed by atoms with E-state index in [1.165, 1.54) is 0 Å². The summed E-state index contributed by atoms with van der Waals surface area (Å²) in [6.07, 6.45) is 1.90. The molecule has 0 aliphatic carbocycles. The van der Waals surface area contributed by atoms with E-state index < -0.39 is 5.97 Å². The summed E-state index contributed by atoms with van der Waals surface area (Å²) < 4.78 is 0. The van der Waals surface area contributed by atoms with Crippen LogP contribution in [0.4, 0.5) is 0 Å². The molecule has 0 bridgehead atoms. The van der Waals surface area contributed by atoms with Gasteiger partial charge in [-0.3, -0.25) is 9.59 Å². The largest absolute Gasteiger partial charge is 0.481 e. The maximum absolute atomic E-state index is 11.8. The number of hydrogen-bond donors (Lipinski definition) is 2. The van der Waals surface area contributed by atoms with E-state index in [0.717, 1.165) is 12.8 Å². The third kappa shape index (κ3) is 4.31. The van der Waals surface area contributed by atoms with E-state index in [0.29, 0.717) is 23.0 Å². The van der Waals surface area contributed by atoms with Crippen LogP contribution in [0.2, 0.25) is 0 Å². The molecule has 0 unspecified atom stereocenters. The molecule has 1 rings (SSSR count). The summed E-state index contributed by atoms with van der Waals surface area (Å²) in [4.78, 5) is 29.4. The van der Waals surface area contributed by atoms with Gasteiger partial charge in [0.25, 0.3) is 5.56 Å². The summed E-state index contributed by atoms with van der Waals surface area (Å²) in [6, 6.07) is 0. The number of nitrogens with zero attached hydrogens (tertiary/aromatic N) is 1. The summed E-state index contributed by atoms with van der Waals surface area (Å²) >= 11 is 0. The number of carbonyl (C=O) groups is 1. The normalized spacial score (nSPS) is 10.9. The first-order valence-corrected chi connectivity index (χ1v) is 6.20. The van der Waals surface area contributed by atoms with Gasteiger partial charge < -0.3 is 10.1 Å². The first-order chi connectivity index (χ1) is 8.40. The van der Waals surface area contributed by atoms with Crippen molar-refractivity contribution in [2.75, 3.05) is 0 Å². The highest BCUT2D eigenvalue weighted by Crippen LogP contribution is 2.07. The quantitative estimate of drug-likeness (QED) is 0.807. The smallest absolute Gasteiger partial charge is 0.303 e. The first-order valence-electron chi connectivity index (χ1n) is 6.20. The van der Waals surface area contributed by atoms with Crippen molar-refractivity contribution < 1.29 is 9.90 Å². The average molecular weight is 252 g/mol. The molecule has 0 saturated carbocycles. The number of hydrogen-bond acceptors (Lipinski definition) is 3. The highest BCUT2D eigenvalue weighted by atomic mass is 16.4. The molecule has 0 aromatic carbocycles. The van der Waals surface area contributed by atoms with Crippen molar-refractivity contribution in [1.82, 2.24) is 9.97 Å². The lowest BCUT2D eigenvalue weighted by Gasteiger charge is -2.07. The minimum Gasteiger partial charge on any atom is -0.481 e. The molecule has 0 aliphatic rings. The van der Waals surface area contributed by atoms with Crippen LogP contribution in [0.3, 0.4) is 0 Å². The van der Waals surface area contributed by atoms with Crippen LogP contribution in [-0.2, 0) is 17.6 Å². The van der Waals surface area contributed by atoms with Crippen molar-refractivity contribution in [3.8, 4) is 0 Å². The molecule has 0 fully saturated rings. The number of carboxylic acid groups (broad SMARTS) is 1. The molecule has 0 aliphatic heterocycles. The van der Waals surface area contributed by atoms with E-state index in [4.69, 9.17) is 5.11 Å². The monoisotopic (exact) mass is 252 g/mol. The van der Waals surface area contributed by atoms with Gasteiger partial charge in [-0.2, -0.15) is 0 Å². The Labute approximate surface area is 106 Å². The predicted octanol–water partition coefficient (Wildman–Crippen LogP) is 1.68. The number of carboxylic acids is 1. The van der Waals surface area contributed by atoms with Crippen LogP contribution in [0, 0.1) is 12.8 Å². The SMILES string of the molecule is Cc1nc(CCC(C)C)[nH]c(=O)c1CCC(=O)O. The number of aliphatic carboxylic acids is 1. The predicted molar refractivity (Wildman–Crippen MR) is 68.7 cm³/mol. The van der Waals surface area contributed by atoms with Crippen molar-refractivity contribution in [1.29, 1.82) is 0 Å². The second kappa shape index (κ2) is 6.33. The second-order valence-electron chi connectivity index (χ2n) is 4.90. The molecule has 1 aromatic rings. The highest BCUT2D eigenvalue weighted by Gasteiger charge is 2.10. The molecular formula is C13H20N2O3. The van der Waals surface area contributed by atoms with Crippen molar-refractivity contribution in [2.24, 2.45) is 5.92 Å². The number of aromatic amines is 1. The van der Waals surface area contributed by atoms with Gasteiger partial charge in [0.2, 0.25) is 0 Å². The molecule has 0 amide bonds. The van der Waals surface area contributed by atoms with E-state index in [1.54, 1.807) is 6.92 Å². The minimum absolute atomic E-state index is 0.0447. The van der Waals surface area contributed by atoms with Gasteiger partial charge >= 0.3 is 5.97 Å². The summed E-state index contributed by atoms with van der Waals surface area (Å²) in [5.74, 6) is 0.338. The maximum atomic E-state index is 11.8. The zero-order valence-corrected chi connectivity index (χ0v) is 11.1. The molecule has 1 heterocycles. The molecule has 0 radical (unpaired) electrons. The molecular weight excluding hydrogens is 232 g/mol. The van der Waals surface area contributed by atoms with Gasteiger partial charge in [0.1, 0.15) is 5.82 Å². The topological polar surface area (TPSA) is 83.0 Å². The molecule has 100 valence electrons. The van der Waals surface area contributed by atoms with Gasteiger partial charge in [0.15, 0.2) is 0 Å². The van der Waals surface area contributed by atoms with Gasteiger partial charge in [-0.15, -0.1) is 0 Å². The molecule has 5 heteroatoms. The third-order valence-corrected chi connectivity index (χ3v) is 2.82. The maximum Gasteiger partial charge on any atom is 0.303 e. The second-order valence-corrected chi connectivity index (χ2v) is 4.90. The third-order valence-electron chi connectivity index (χ3n) is 2.82. The Hall–Kier alpha value is -1.65. The number of aryl methyl sites for hydroxylation is 2.